The Kier molecular flexibility index (Phi) is 5.49. The van der Waals surface area contributed by atoms with Crippen LogP contribution >= 0.6 is 0 Å². The summed E-state index contributed by atoms with van der Waals surface area (Å²) in [6.07, 6.45) is 3.55. The molecular weight excluding hydrogens is 375 g/mol. The molecule has 2 unspecified atom stereocenters. The van der Waals surface area contributed by atoms with Gasteiger partial charge in [0, 0.05) is 24.2 Å². The smallest absolute Gasteiger partial charge is 0.123 e. The van der Waals surface area contributed by atoms with Gasteiger partial charge in [-0.15, -0.1) is 0 Å². The van der Waals surface area contributed by atoms with Gasteiger partial charge in [-0.3, -0.25) is 4.98 Å². The summed E-state index contributed by atoms with van der Waals surface area (Å²) in [5.41, 5.74) is 10.3. The van der Waals surface area contributed by atoms with Crippen LogP contribution in [0.1, 0.15) is 39.8 Å². The van der Waals surface area contributed by atoms with Gasteiger partial charge in [-0.05, 0) is 59.2 Å². The molecule has 0 spiro atoms. The number of benzene rings is 2. The summed E-state index contributed by atoms with van der Waals surface area (Å²) in [5.74, 6) is -0.267. The van der Waals surface area contributed by atoms with E-state index in [1.165, 1.54) is 12.1 Å². The number of nitrogen functional groups attached to an aromatic ring is 1. The number of halogens is 1. The summed E-state index contributed by atoms with van der Waals surface area (Å²) in [4.78, 5) is 8.90. The Balaban J connectivity index is 1.94. The van der Waals surface area contributed by atoms with E-state index in [-0.39, 0.29) is 17.7 Å². The first-order valence-electron chi connectivity index (χ1n) is 9.53. The van der Waals surface area contributed by atoms with Crippen molar-refractivity contribution in [1.29, 1.82) is 5.26 Å². The maximum absolute atomic E-state index is 13.7. The largest absolute Gasteiger partial charge is 0.384 e. The molecule has 4 rings (SSSR count). The van der Waals surface area contributed by atoms with Crippen LogP contribution in [0.25, 0.3) is 0 Å². The Labute approximate surface area is 174 Å². The monoisotopic (exact) mass is 394 g/mol. The van der Waals surface area contributed by atoms with Crippen molar-refractivity contribution < 1.29 is 4.39 Å². The molecule has 2 heterocycles. The Morgan fingerprint density at radius 3 is 2.13 bits per heavy atom. The van der Waals surface area contributed by atoms with Crippen LogP contribution < -0.4 is 5.73 Å². The normalized spacial score (nSPS) is 12.7. The lowest BCUT2D eigenvalue weighted by molar-refractivity contribution is 0.622. The highest BCUT2D eigenvalue weighted by Crippen LogP contribution is 2.42. The molecule has 0 fully saturated rings. The fraction of sp³-hybridized carbons (Fsp3) is 0.0800. The van der Waals surface area contributed by atoms with Crippen LogP contribution in [-0.2, 0) is 0 Å². The van der Waals surface area contributed by atoms with Crippen molar-refractivity contribution in [2.24, 2.45) is 0 Å². The molecule has 0 aliphatic heterocycles. The molecule has 4 nitrogen and oxygen atoms in total. The zero-order valence-electron chi connectivity index (χ0n) is 16.1. The Morgan fingerprint density at radius 1 is 0.800 bits per heavy atom. The van der Waals surface area contributed by atoms with Gasteiger partial charge in [0.15, 0.2) is 0 Å². The predicted octanol–water partition coefficient (Wildman–Crippen LogP) is 5.03. The molecule has 30 heavy (non-hydrogen) atoms. The van der Waals surface area contributed by atoms with E-state index in [4.69, 9.17) is 5.73 Å². The number of hydrogen-bond donors (Lipinski definition) is 1. The van der Waals surface area contributed by atoms with Crippen LogP contribution in [0.2, 0.25) is 0 Å². The number of aromatic nitrogens is 2. The molecule has 0 saturated carbocycles. The standard InChI is InChI=1S/C25H19FN4/c26-21-12-10-19(11-13-21)25(22-4-1-5-23(28)30-22)24(20-3-2-14-29-16-20)18-8-6-17(15-27)7-9-18/h1-14,16,24-25H,(H2,28,30). The molecule has 2 aromatic carbocycles. The lowest BCUT2D eigenvalue weighted by Gasteiger charge is -2.28. The van der Waals surface area contributed by atoms with Gasteiger partial charge in [-0.1, -0.05) is 36.4 Å². The number of hydrogen-bond acceptors (Lipinski definition) is 4. The Hall–Kier alpha value is -4.04. The summed E-state index contributed by atoms with van der Waals surface area (Å²) >= 11 is 0. The van der Waals surface area contributed by atoms with Crippen molar-refractivity contribution in [2.75, 3.05) is 5.73 Å². The zero-order valence-corrected chi connectivity index (χ0v) is 16.1. The molecule has 4 aromatic rings. The summed E-state index contributed by atoms with van der Waals surface area (Å²) in [5, 5.41) is 9.19. The molecule has 2 atom stereocenters. The van der Waals surface area contributed by atoms with Crippen molar-refractivity contribution in [2.45, 2.75) is 11.8 Å². The molecule has 146 valence electrons. The summed E-state index contributed by atoms with van der Waals surface area (Å²) < 4.78 is 13.7. The minimum atomic E-state index is -0.297. The average molecular weight is 394 g/mol. The first-order valence-corrected chi connectivity index (χ1v) is 9.53. The zero-order chi connectivity index (χ0) is 20.9. The second-order valence-corrected chi connectivity index (χ2v) is 7.01. The van der Waals surface area contributed by atoms with E-state index in [0.29, 0.717) is 11.4 Å². The molecule has 2 aromatic heterocycles. The van der Waals surface area contributed by atoms with E-state index in [1.807, 2.05) is 42.6 Å². The van der Waals surface area contributed by atoms with Gasteiger partial charge in [-0.25, -0.2) is 9.37 Å². The van der Waals surface area contributed by atoms with E-state index in [9.17, 15) is 9.65 Å². The predicted molar refractivity (Wildman–Crippen MR) is 114 cm³/mol. The molecule has 5 heteroatoms. The van der Waals surface area contributed by atoms with Crippen molar-refractivity contribution in [1.82, 2.24) is 9.97 Å². The van der Waals surface area contributed by atoms with Gasteiger partial charge >= 0.3 is 0 Å². The van der Waals surface area contributed by atoms with E-state index in [2.05, 4.69) is 16.0 Å². The summed E-state index contributed by atoms with van der Waals surface area (Å²) in [7, 11) is 0. The van der Waals surface area contributed by atoms with Crippen LogP contribution in [0, 0.1) is 17.1 Å². The van der Waals surface area contributed by atoms with Crippen LogP contribution in [0.5, 0.6) is 0 Å². The molecule has 0 aliphatic rings. The highest BCUT2D eigenvalue weighted by atomic mass is 19.1. The molecule has 0 aliphatic carbocycles. The summed E-state index contributed by atoms with van der Waals surface area (Å²) in [6.45, 7) is 0. The second-order valence-electron chi connectivity index (χ2n) is 7.01. The van der Waals surface area contributed by atoms with E-state index in [0.717, 1.165) is 22.4 Å². The molecule has 0 amide bonds. The van der Waals surface area contributed by atoms with Crippen molar-refractivity contribution in [3.05, 3.63) is 125 Å². The number of pyridine rings is 2. The van der Waals surface area contributed by atoms with Crippen molar-refractivity contribution in [3.8, 4) is 6.07 Å². The Bertz CT molecular complexity index is 1170. The Morgan fingerprint density at radius 2 is 1.50 bits per heavy atom. The number of anilines is 1. The minimum absolute atomic E-state index is 0.161. The van der Waals surface area contributed by atoms with Crippen LogP contribution in [0.4, 0.5) is 10.2 Å². The molecule has 0 radical (unpaired) electrons. The topological polar surface area (TPSA) is 75.6 Å². The number of rotatable bonds is 5. The van der Waals surface area contributed by atoms with Crippen LogP contribution in [0.3, 0.4) is 0 Å². The van der Waals surface area contributed by atoms with Gasteiger partial charge < -0.3 is 5.73 Å². The fourth-order valence-electron chi connectivity index (χ4n) is 3.75. The van der Waals surface area contributed by atoms with Gasteiger partial charge in [0.1, 0.15) is 11.6 Å². The molecule has 0 bridgehead atoms. The first-order chi connectivity index (χ1) is 14.7. The number of nitrogens with zero attached hydrogens (tertiary/aromatic N) is 3. The fourth-order valence-corrected chi connectivity index (χ4v) is 3.75. The molecule has 2 N–H and O–H groups in total. The SMILES string of the molecule is N#Cc1ccc(C(c2cccnc2)C(c2ccc(F)cc2)c2cccc(N)n2)cc1. The first kappa shape index (κ1) is 19.3. The lowest BCUT2D eigenvalue weighted by Crippen LogP contribution is -2.16. The minimum Gasteiger partial charge on any atom is -0.384 e. The third-order valence-electron chi connectivity index (χ3n) is 5.12. The van der Waals surface area contributed by atoms with Crippen molar-refractivity contribution in [3.63, 3.8) is 0 Å². The van der Waals surface area contributed by atoms with E-state index < -0.39 is 0 Å². The lowest BCUT2D eigenvalue weighted by atomic mass is 9.75. The number of nitriles is 1. The second kappa shape index (κ2) is 8.54. The maximum Gasteiger partial charge on any atom is 0.123 e. The molecular formula is C25H19FN4. The number of nitrogens with two attached hydrogens (primary N) is 1. The summed E-state index contributed by atoms with van der Waals surface area (Å²) in [6, 6.07) is 25.5. The third-order valence-corrected chi connectivity index (χ3v) is 5.12. The molecule has 0 saturated heterocycles. The van der Waals surface area contributed by atoms with Gasteiger partial charge in [0.2, 0.25) is 0 Å². The highest BCUT2D eigenvalue weighted by Gasteiger charge is 2.29. The third kappa shape index (κ3) is 4.03. The maximum atomic E-state index is 13.7. The average Bonchev–Trinajstić information content (AvgIpc) is 2.79. The van der Waals surface area contributed by atoms with E-state index in [1.54, 1.807) is 36.5 Å². The van der Waals surface area contributed by atoms with Gasteiger partial charge in [0.05, 0.1) is 17.3 Å². The quantitative estimate of drug-likeness (QED) is 0.515. The van der Waals surface area contributed by atoms with Gasteiger partial charge in [-0.2, -0.15) is 5.26 Å². The van der Waals surface area contributed by atoms with Crippen molar-refractivity contribution >= 4 is 5.82 Å². The van der Waals surface area contributed by atoms with Crippen LogP contribution in [-0.4, -0.2) is 9.97 Å². The highest BCUT2D eigenvalue weighted by molar-refractivity contribution is 5.45. The van der Waals surface area contributed by atoms with E-state index >= 15 is 0 Å². The van der Waals surface area contributed by atoms with Gasteiger partial charge in [0.25, 0.3) is 0 Å². The van der Waals surface area contributed by atoms with Crippen LogP contribution in [0.15, 0.2) is 91.3 Å².